The van der Waals surface area contributed by atoms with E-state index in [9.17, 15) is 19.2 Å². The first kappa shape index (κ1) is 22.4. The first-order valence-electron chi connectivity index (χ1n) is 8.73. The van der Waals surface area contributed by atoms with Crippen molar-refractivity contribution < 1.29 is 42.9 Å². The van der Waals surface area contributed by atoms with Crippen molar-refractivity contribution in [3.8, 4) is 23.0 Å². The standard InChI is InChI=1S/C21H20O9/c1-12(22)28-18-9-16(10-19(29-13(2)23)20(18)30-14(3)24)21(25)27-11-15-7-5-6-8-17(15)26-4/h5-10H,11H2,1-4H3. The second kappa shape index (κ2) is 10.1. The van der Waals surface area contributed by atoms with Crippen LogP contribution in [0, 0.1) is 0 Å². The number of carbonyl (C=O) groups excluding carboxylic acids is 4. The van der Waals surface area contributed by atoms with E-state index in [4.69, 9.17) is 23.7 Å². The molecule has 0 aliphatic rings. The lowest BCUT2D eigenvalue weighted by atomic mass is 10.1. The summed E-state index contributed by atoms with van der Waals surface area (Å²) in [6.45, 7) is 3.26. The van der Waals surface area contributed by atoms with E-state index >= 15 is 0 Å². The van der Waals surface area contributed by atoms with E-state index in [0.717, 1.165) is 32.9 Å². The van der Waals surface area contributed by atoms with E-state index in [-0.39, 0.29) is 29.4 Å². The monoisotopic (exact) mass is 416 g/mol. The Bertz CT molecular complexity index is 941. The molecule has 0 N–H and O–H groups in total. The zero-order valence-electron chi connectivity index (χ0n) is 16.8. The summed E-state index contributed by atoms with van der Waals surface area (Å²) in [5, 5.41) is 0. The maximum Gasteiger partial charge on any atom is 0.338 e. The Labute approximate surface area is 172 Å². The third-order valence-electron chi connectivity index (χ3n) is 3.56. The van der Waals surface area contributed by atoms with Gasteiger partial charge in [-0.1, -0.05) is 18.2 Å². The normalized spacial score (nSPS) is 10.0. The van der Waals surface area contributed by atoms with Crippen LogP contribution in [0.5, 0.6) is 23.0 Å². The Morgan fingerprint density at radius 1 is 0.767 bits per heavy atom. The van der Waals surface area contributed by atoms with E-state index in [1.165, 1.54) is 7.11 Å². The third-order valence-corrected chi connectivity index (χ3v) is 3.56. The van der Waals surface area contributed by atoms with Gasteiger partial charge in [0.2, 0.25) is 5.75 Å². The number of carbonyl (C=O) groups is 4. The summed E-state index contributed by atoms with van der Waals surface area (Å²) in [4.78, 5) is 46.9. The first-order valence-corrected chi connectivity index (χ1v) is 8.73. The molecule has 0 aliphatic carbocycles. The summed E-state index contributed by atoms with van der Waals surface area (Å²) in [7, 11) is 1.49. The minimum Gasteiger partial charge on any atom is -0.496 e. The van der Waals surface area contributed by atoms with Gasteiger partial charge in [0.05, 0.1) is 12.7 Å². The molecule has 2 rings (SSSR count). The van der Waals surface area contributed by atoms with Gasteiger partial charge in [-0.15, -0.1) is 0 Å². The van der Waals surface area contributed by atoms with Crippen molar-refractivity contribution in [3.63, 3.8) is 0 Å². The average molecular weight is 416 g/mol. The van der Waals surface area contributed by atoms with Crippen molar-refractivity contribution in [2.75, 3.05) is 7.11 Å². The summed E-state index contributed by atoms with van der Waals surface area (Å²) in [5.74, 6) is -3.35. The summed E-state index contributed by atoms with van der Waals surface area (Å²) in [6, 6.07) is 9.28. The van der Waals surface area contributed by atoms with Crippen LogP contribution in [0.25, 0.3) is 0 Å². The third kappa shape index (κ3) is 6.06. The van der Waals surface area contributed by atoms with Gasteiger partial charge in [0.1, 0.15) is 12.4 Å². The van der Waals surface area contributed by atoms with Crippen LogP contribution < -0.4 is 18.9 Å². The van der Waals surface area contributed by atoms with Gasteiger partial charge in [0, 0.05) is 26.3 Å². The Morgan fingerprint density at radius 2 is 1.30 bits per heavy atom. The minimum atomic E-state index is -0.794. The van der Waals surface area contributed by atoms with E-state index in [1.807, 2.05) is 0 Å². The Balaban J connectivity index is 2.39. The molecule has 30 heavy (non-hydrogen) atoms. The van der Waals surface area contributed by atoms with Crippen molar-refractivity contribution in [2.45, 2.75) is 27.4 Å². The number of hydrogen-bond acceptors (Lipinski definition) is 9. The number of esters is 4. The summed E-state index contributed by atoms with van der Waals surface area (Å²) >= 11 is 0. The van der Waals surface area contributed by atoms with Gasteiger partial charge in [-0.2, -0.15) is 0 Å². The first-order chi connectivity index (χ1) is 14.2. The molecule has 0 fully saturated rings. The van der Waals surface area contributed by atoms with Crippen LogP contribution in [0.2, 0.25) is 0 Å². The Hall–Kier alpha value is -3.88. The quantitative estimate of drug-likeness (QED) is 0.496. The molecule has 0 aromatic heterocycles. The molecule has 0 saturated carbocycles. The predicted octanol–water partition coefficient (Wildman–Crippen LogP) is 2.83. The number of ether oxygens (including phenoxy) is 5. The highest BCUT2D eigenvalue weighted by molar-refractivity contribution is 5.92. The lowest BCUT2D eigenvalue weighted by molar-refractivity contribution is -0.135. The zero-order chi connectivity index (χ0) is 22.3. The minimum absolute atomic E-state index is 0.0895. The lowest BCUT2D eigenvalue weighted by Gasteiger charge is -2.15. The second-order valence-electron chi connectivity index (χ2n) is 5.97. The van der Waals surface area contributed by atoms with Crippen molar-refractivity contribution >= 4 is 23.9 Å². The van der Waals surface area contributed by atoms with Gasteiger partial charge in [0.25, 0.3) is 0 Å². The Kier molecular flexibility index (Phi) is 7.51. The lowest BCUT2D eigenvalue weighted by Crippen LogP contribution is -2.13. The summed E-state index contributed by atoms with van der Waals surface area (Å²) < 4.78 is 25.6. The van der Waals surface area contributed by atoms with Crippen molar-refractivity contribution in [1.29, 1.82) is 0 Å². The number of methoxy groups -OCH3 is 1. The molecule has 9 heteroatoms. The van der Waals surface area contributed by atoms with Crippen molar-refractivity contribution in [3.05, 3.63) is 47.5 Å². The van der Waals surface area contributed by atoms with E-state index in [0.29, 0.717) is 11.3 Å². The second-order valence-corrected chi connectivity index (χ2v) is 5.97. The molecule has 158 valence electrons. The highest BCUT2D eigenvalue weighted by Crippen LogP contribution is 2.39. The molecular formula is C21H20O9. The molecule has 0 spiro atoms. The molecule has 0 atom stereocenters. The summed E-state index contributed by atoms with van der Waals surface area (Å²) in [6.07, 6.45) is 0. The van der Waals surface area contributed by atoms with Gasteiger partial charge in [-0.05, 0) is 18.2 Å². The summed E-state index contributed by atoms with van der Waals surface area (Å²) in [5.41, 5.74) is 0.540. The topological polar surface area (TPSA) is 114 Å². The van der Waals surface area contributed by atoms with Gasteiger partial charge in [-0.25, -0.2) is 4.79 Å². The van der Waals surface area contributed by atoms with Crippen LogP contribution in [0.1, 0.15) is 36.7 Å². The van der Waals surface area contributed by atoms with Gasteiger partial charge in [0.15, 0.2) is 11.5 Å². The molecular weight excluding hydrogens is 396 g/mol. The van der Waals surface area contributed by atoms with Gasteiger partial charge in [-0.3, -0.25) is 14.4 Å². The van der Waals surface area contributed by atoms with E-state index in [2.05, 4.69) is 0 Å². The fraction of sp³-hybridized carbons (Fsp3) is 0.238. The SMILES string of the molecule is COc1ccccc1COC(=O)c1cc(OC(C)=O)c(OC(C)=O)c(OC(C)=O)c1. The molecule has 2 aromatic carbocycles. The number of rotatable bonds is 7. The highest BCUT2D eigenvalue weighted by Gasteiger charge is 2.23. The molecule has 0 radical (unpaired) electrons. The Morgan fingerprint density at radius 3 is 1.80 bits per heavy atom. The largest absolute Gasteiger partial charge is 0.496 e. The number of para-hydroxylation sites is 1. The molecule has 2 aromatic rings. The van der Waals surface area contributed by atoms with Crippen LogP contribution in [0.15, 0.2) is 36.4 Å². The zero-order valence-corrected chi connectivity index (χ0v) is 16.8. The van der Waals surface area contributed by atoms with Crippen LogP contribution in [0.3, 0.4) is 0 Å². The molecule has 0 aliphatic heterocycles. The van der Waals surface area contributed by atoms with Crippen molar-refractivity contribution in [1.82, 2.24) is 0 Å². The number of benzene rings is 2. The van der Waals surface area contributed by atoms with Crippen LogP contribution in [-0.2, 0) is 25.7 Å². The fourth-order valence-electron chi connectivity index (χ4n) is 2.45. The smallest absolute Gasteiger partial charge is 0.338 e. The van der Waals surface area contributed by atoms with Crippen molar-refractivity contribution in [2.24, 2.45) is 0 Å². The van der Waals surface area contributed by atoms with Gasteiger partial charge >= 0.3 is 23.9 Å². The molecule has 0 bridgehead atoms. The van der Waals surface area contributed by atoms with Crippen LogP contribution in [-0.4, -0.2) is 31.0 Å². The van der Waals surface area contributed by atoms with Gasteiger partial charge < -0.3 is 23.7 Å². The average Bonchev–Trinajstić information content (AvgIpc) is 2.67. The van der Waals surface area contributed by atoms with Crippen LogP contribution in [0.4, 0.5) is 0 Å². The number of hydrogen-bond donors (Lipinski definition) is 0. The van der Waals surface area contributed by atoms with E-state index in [1.54, 1.807) is 24.3 Å². The van der Waals surface area contributed by atoms with Crippen LogP contribution >= 0.6 is 0 Å². The molecule has 0 unspecified atom stereocenters. The highest BCUT2D eigenvalue weighted by atomic mass is 16.6. The predicted molar refractivity (Wildman–Crippen MR) is 102 cm³/mol. The maximum absolute atomic E-state index is 12.6. The maximum atomic E-state index is 12.6. The molecule has 0 heterocycles. The van der Waals surface area contributed by atoms with E-state index < -0.39 is 23.9 Å². The fourth-order valence-corrected chi connectivity index (χ4v) is 2.45. The molecule has 0 amide bonds. The molecule has 9 nitrogen and oxygen atoms in total. The molecule has 0 saturated heterocycles.